The lowest BCUT2D eigenvalue weighted by Crippen LogP contribution is -2.13. The van der Waals surface area contributed by atoms with Crippen molar-refractivity contribution in [3.05, 3.63) is 24.8 Å². The number of nitrogens with zero attached hydrogens (tertiary/aromatic N) is 3. The zero-order valence-corrected chi connectivity index (χ0v) is 7.77. The van der Waals surface area contributed by atoms with E-state index in [4.69, 9.17) is 5.14 Å². The molecule has 0 radical (unpaired) electrons. The molecule has 0 saturated carbocycles. The Bertz CT molecular complexity index is 581. The van der Waals surface area contributed by atoms with Crippen LogP contribution in [0.25, 0.3) is 10.9 Å². The number of aromatic nitrogens is 3. The van der Waals surface area contributed by atoms with E-state index in [1.165, 1.54) is 18.6 Å². The van der Waals surface area contributed by atoms with Crippen LogP contribution in [0.15, 0.2) is 29.8 Å². The van der Waals surface area contributed by atoms with E-state index >= 15 is 0 Å². The van der Waals surface area contributed by atoms with Crippen molar-refractivity contribution >= 4 is 20.9 Å². The van der Waals surface area contributed by atoms with Crippen LogP contribution in [0.2, 0.25) is 0 Å². The van der Waals surface area contributed by atoms with Crippen LogP contribution in [0.4, 0.5) is 0 Å². The molecular weight excluding hydrogens is 204 g/mol. The smallest absolute Gasteiger partial charge is 0.244 e. The predicted octanol–water partition coefficient (Wildman–Crippen LogP) is -0.328. The molecule has 0 atom stereocenters. The summed E-state index contributed by atoms with van der Waals surface area (Å²) in [5.74, 6) is 0. The minimum Gasteiger partial charge on any atom is -0.244 e. The van der Waals surface area contributed by atoms with Crippen LogP contribution < -0.4 is 5.14 Å². The first-order valence-corrected chi connectivity index (χ1v) is 5.20. The molecule has 0 aliphatic heterocycles. The van der Waals surface area contributed by atoms with E-state index in [0.29, 0.717) is 10.9 Å². The largest absolute Gasteiger partial charge is 0.255 e. The van der Waals surface area contributed by atoms with Crippen molar-refractivity contribution in [2.45, 2.75) is 5.03 Å². The van der Waals surface area contributed by atoms with E-state index in [2.05, 4.69) is 15.0 Å². The molecule has 0 aromatic carbocycles. The van der Waals surface area contributed by atoms with Crippen LogP contribution in [0.3, 0.4) is 0 Å². The van der Waals surface area contributed by atoms with E-state index in [-0.39, 0.29) is 5.03 Å². The normalized spacial score (nSPS) is 11.8. The number of fused-ring (bicyclic) bond motifs is 1. The summed E-state index contributed by atoms with van der Waals surface area (Å²) in [4.78, 5) is 11.3. The van der Waals surface area contributed by atoms with Gasteiger partial charge in [-0.2, -0.15) is 0 Å². The maximum atomic E-state index is 10.9. The van der Waals surface area contributed by atoms with Crippen LogP contribution in [-0.2, 0) is 10.0 Å². The van der Waals surface area contributed by atoms with Gasteiger partial charge in [-0.3, -0.25) is 0 Å². The van der Waals surface area contributed by atoms with Crippen molar-refractivity contribution in [3.8, 4) is 0 Å². The molecule has 2 rings (SSSR count). The first kappa shape index (κ1) is 8.97. The van der Waals surface area contributed by atoms with Crippen molar-refractivity contribution in [1.82, 2.24) is 15.0 Å². The van der Waals surface area contributed by atoms with Gasteiger partial charge in [0, 0.05) is 23.8 Å². The molecule has 2 heterocycles. The van der Waals surface area contributed by atoms with Gasteiger partial charge < -0.3 is 0 Å². The lowest BCUT2D eigenvalue weighted by molar-refractivity contribution is 0.594. The molecule has 0 spiro atoms. The van der Waals surface area contributed by atoms with Crippen molar-refractivity contribution < 1.29 is 8.42 Å². The van der Waals surface area contributed by atoms with Crippen LogP contribution in [0, 0.1) is 0 Å². The summed E-state index contributed by atoms with van der Waals surface area (Å²) >= 11 is 0. The predicted molar refractivity (Wildman–Crippen MR) is 48.7 cm³/mol. The summed E-state index contributed by atoms with van der Waals surface area (Å²) in [6, 6.07) is 1.31. The van der Waals surface area contributed by atoms with Crippen LogP contribution in [0.1, 0.15) is 0 Å². The van der Waals surface area contributed by atoms with Gasteiger partial charge in [-0.25, -0.2) is 28.5 Å². The molecule has 0 aliphatic carbocycles. The Labute approximate surface area is 79.9 Å². The second-order valence-corrected chi connectivity index (χ2v) is 4.16. The minimum atomic E-state index is -3.77. The van der Waals surface area contributed by atoms with Gasteiger partial charge in [0.25, 0.3) is 10.0 Å². The summed E-state index contributed by atoms with van der Waals surface area (Å²) < 4.78 is 21.9. The Morgan fingerprint density at radius 2 is 2.00 bits per heavy atom. The first-order valence-electron chi connectivity index (χ1n) is 3.66. The van der Waals surface area contributed by atoms with E-state index in [9.17, 15) is 8.42 Å². The Morgan fingerprint density at radius 1 is 1.21 bits per heavy atom. The fourth-order valence-corrected chi connectivity index (χ4v) is 1.49. The van der Waals surface area contributed by atoms with Gasteiger partial charge in [-0.05, 0) is 0 Å². The van der Waals surface area contributed by atoms with Crippen molar-refractivity contribution in [1.29, 1.82) is 0 Å². The average Bonchev–Trinajstić information content (AvgIpc) is 2.16. The number of hydrogen-bond acceptors (Lipinski definition) is 5. The molecular formula is C7H6N4O2S. The fourth-order valence-electron chi connectivity index (χ4n) is 1.01. The molecule has 0 unspecified atom stereocenters. The van der Waals surface area contributed by atoms with Crippen molar-refractivity contribution in [2.75, 3.05) is 0 Å². The highest BCUT2D eigenvalue weighted by Crippen LogP contribution is 2.11. The zero-order valence-electron chi connectivity index (χ0n) is 6.95. The molecule has 0 amide bonds. The fraction of sp³-hybridized carbons (Fsp3) is 0. The van der Waals surface area contributed by atoms with Crippen molar-refractivity contribution in [3.63, 3.8) is 0 Å². The Kier molecular flexibility index (Phi) is 1.90. The number of primary sulfonamides is 1. The highest BCUT2D eigenvalue weighted by Gasteiger charge is 2.09. The van der Waals surface area contributed by atoms with Gasteiger partial charge >= 0.3 is 0 Å². The summed E-state index contributed by atoms with van der Waals surface area (Å²) in [5.41, 5.74) is 0.499. The Morgan fingerprint density at radius 3 is 2.71 bits per heavy atom. The molecule has 2 aromatic heterocycles. The molecule has 0 fully saturated rings. The molecule has 7 heteroatoms. The van der Waals surface area contributed by atoms with E-state index in [1.54, 1.807) is 6.20 Å². The second kappa shape index (κ2) is 2.96. The second-order valence-electron chi connectivity index (χ2n) is 2.65. The molecule has 0 bridgehead atoms. The summed E-state index contributed by atoms with van der Waals surface area (Å²) in [5, 5.41) is 5.39. The lowest BCUT2D eigenvalue weighted by Gasteiger charge is -1.98. The Balaban J connectivity index is 2.75. The number of nitrogens with two attached hydrogens (primary N) is 1. The van der Waals surface area contributed by atoms with Crippen molar-refractivity contribution in [2.24, 2.45) is 5.14 Å². The quantitative estimate of drug-likeness (QED) is 0.694. The third-order valence-corrected chi connectivity index (χ3v) is 2.46. The molecule has 6 nitrogen and oxygen atoms in total. The van der Waals surface area contributed by atoms with E-state index in [0.717, 1.165) is 0 Å². The third kappa shape index (κ3) is 1.54. The highest BCUT2D eigenvalue weighted by molar-refractivity contribution is 7.89. The number of pyridine rings is 1. The molecule has 2 aromatic rings. The van der Waals surface area contributed by atoms with Gasteiger partial charge in [0.1, 0.15) is 6.33 Å². The molecule has 2 N–H and O–H groups in total. The number of hydrogen-bond donors (Lipinski definition) is 1. The molecule has 0 saturated heterocycles. The minimum absolute atomic E-state index is 0.191. The maximum absolute atomic E-state index is 10.9. The molecule has 14 heavy (non-hydrogen) atoms. The number of sulfonamides is 1. The third-order valence-electron chi connectivity index (χ3n) is 1.66. The monoisotopic (exact) mass is 210 g/mol. The standard InChI is InChI=1S/C7H6N4O2S/c8-14(12,13)7-1-6-5(3-10-7)2-9-4-11-6/h1-4H,(H2,8,12,13). The first-order chi connectivity index (χ1) is 6.57. The van der Waals surface area contributed by atoms with Gasteiger partial charge in [0.15, 0.2) is 5.03 Å². The Hall–Kier alpha value is -1.60. The van der Waals surface area contributed by atoms with E-state index < -0.39 is 10.0 Å². The average molecular weight is 210 g/mol. The van der Waals surface area contributed by atoms with Gasteiger partial charge in [-0.1, -0.05) is 0 Å². The summed E-state index contributed by atoms with van der Waals surface area (Å²) in [6.45, 7) is 0. The number of rotatable bonds is 1. The van der Waals surface area contributed by atoms with Crippen LogP contribution in [0.5, 0.6) is 0 Å². The van der Waals surface area contributed by atoms with Gasteiger partial charge in [0.05, 0.1) is 5.52 Å². The van der Waals surface area contributed by atoms with E-state index in [1.807, 2.05) is 0 Å². The molecule has 0 aliphatic rings. The summed E-state index contributed by atoms with van der Waals surface area (Å²) in [7, 11) is -3.77. The van der Waals surface area contributed by atoms with Gasteiger partial charge in [-0.15, -0.1) is 0 Å². The summed E-state index contributed by atoms with van der Waals surface area (Å²) in [6.07, 6.45) is 4.24. The van der Waals surface area contributed by atoms with Gasteiger partial charge in [0.2, 0.25) is 0 Å². The highest BCUT2D eigenvalue weighted by atomic mass is 32.2. The maximum Gasteiger partial charge on any atom is 0.255 e. The SMILES string of the molecule is NS(=O)(=O)c1cc2ncncc2cn1. The van der Waals surface area contributed by atoms with Crippen LogP contribution >= 0.6 is 0 Å². The topological polar surface area (TPSA) is 98.8 Å². The zero-order chi connectivity index (χ0) is 10.2. The lowest BCUT2D eigenvalue weighted by atomic mass is 10.3. The van der Waals surface area contributed by atoms with Crippen LogP contribution in [-0.4, -0.2) is 23.4 Å². The molecule has 72 valence electrons.